The lowest BCUT2D eigenvalue weighted by molar-refractivity contribution is -0.141. The molecule has 0 radical (unpaired) electrons. The molecule has 23 heavy (non-hydrogen) atoms. The first-order valence-corrected chi connectivity index (χ1v) is 8.40. The van der Waals surface area contributed by atoms with Gasteiger partial charge in [-0.25, -0.2) is 0 Å². The topological polar surface area (TPSA) is 57.5 Å². The molecule has 0 aliphatic heterocycles. The van der Waals surface area contributed by atoms with Crippen LogP contribution in [0.2, 0.25) is 0 Å². The van der Waals surface area contributed by atoms with Crippen LogP contribution in [-0.4, -0.2) is 16.2 Å². The summed E-state index contributed by atoms with van der Waals surface area (Å²) in [5, 5.41) is 21.3. The molecule has 0 aliphatic carbocycles. The standard InChI is InChI=1S/C19H18O3S/c1-2-13-11-15-14(9-6-10-16(15)23-13)17(19(21)22)18(20)12-7-4-3-5-8-12/h3-11,17-18,20H,2H2,1H3,(H,21,22)/t17-,18?/m1/s1. The molecule has 0 fully saturated rings. The van der Waals surface area contributed by atoms with Gasteiger partial charge in [-0.2, -0.15) is 0 Å². The monoisotopic (exact) mass is 326 g/mol. The van der Waals surface area contributed by atoms with E-state index in [1.807, 2.05) is 24.3 Å². The summed E-state index contributed by atoms with van der Waals surface area (Å²) in [7, 11) is 0. The first kappa shape index (κ1) is 15.7. The molecule has 0 aliphatic rings. The SMILES string of the molecule is CCc1cc2c([C@@H](C(=O)O)C(O)c3ccccc3)cccc2s1. The van der Waals surface area contributed by atoms with Crippen molar-refractivity contribution in [2.24, 2.45) is 0 Å². The average Bonchev–Trinajstić information content (AvgIpc) is 2.99. The van der Waals surface area contributed by atoms with Crippen molar-refractivity contribution in [2.45, 2.75) is 25.4 Å². The number of aliphatic hydroxyl groups is 1. The van der Waals surface area contributed by atoms with Gasteiger partial charge in [0, 0.05) is 9.58 Å². The molecule has 2 N–H and O–H groups in total. The van der Waals surface area contributed by atoms with Crippen LogP contribution in [0.1, 0.15) is 34.9 Å². The maximum absolute atomic E-state index is 11.9. The van der Waals surface area contributed by atoms with E-state index in [2.05, 4.69) is 6.92 Å². The van der Waals surface area contributed by atoms with Crippen molar-refractivity contribution in [1.82, 2.24) is 0 Å². The first-order valence-electron chi connectivity index (χ1n) is 7.59. The van der Waals surface area contributed by atoms with Crippen LogP contribution in [-0.2, 0) is 11.2 Å². The maximum atomic E-state index is 11.9. The van der Waals surface area contributed by atoms with Crippen molar-refractivity contribution in [2.75, 3.05) is 0 Å². The van der Waals surface area contributed by atoms with Crippen molar-refractivity contribution in [3.05, 3.63) is 70.6 Å². The summed E-state index contributed by atoms with van der Waals surface area (Å²) in [5.74, 6) is -2.00. The highest BCUT2D eigenvalue weighted by Gasteiger charge is 2.31. The Morgan fingerprint density at radius 1 is 1.13 bits per heavy atom. The van der Waals surface area contributed by atoms with Crippen molar-refractivity contribution in [3.63, 3.8) is 0 Å². The van der Waals surface area contributed by atoms with Gasteiger partial charge >= 0.3 is 5.97 Å². The Kier molecular flexibility index (Phi) is 4.46. The van der Waals surface area contributed by atoms with Gasteiger partial charge in [-0.3, -0.25) is 4.79 Å². The number of hydrogen-bond acceptors (Lipinski definition) is 3. The predicted molar refractivity (Wildman–Crippen MR) is 93.0 cm³/mol. The summed E-state index contributed by atoms with van der Waals surface area (Å²) in [4.78, 5) is 13.1. The maximum Gasteiger partial charge on any atom is 0.314 e. The number of carbonyl (C=O) groups is 1. The van der Waals surface area contributed by atoms with Crippen LogP contribution in [0.3, 0.4) is 0 Å². The van der Waals surface area contributed by atoms with E-state index >= 15 is 0 Å². The minimum atomic E-state index is -1.08. The molecule has 4 heteroatoms. The Bertz CT molecular complexity index is 823. The van der Waals surface area contributed by atoms with Gasteiger partial charge in [-0.05, 0) is 35.1 Å². The van der Waals surface area contributed by atoms with Crippen LogP contribution in [0, 0.1) is 0 Å². The normalized spacial score (nSPS) is 13.8. The van der Waals surface area contributed by atoms with E-state index < -0.39 is 18.0 Å². The number of aryl methyl sites for hydroxylation is 1. The van der Waals surface area contributed by atoms with E-state index in [9.17, 15) is 15.0 Å². The number of carboxylic acids is 1. The van der Waals surface area contributed by atoms with Gasteiger partial charge in [0.15, 0.2) is 0 Å². The van der Waals surface area contributed by atoms with Crippen molar-refractivity contribution < 1.29 is 15.0 Å². The molecule has 1 heterocycles. The van der Waals surface area contributed by atoms with Crippen LogP contribution in [0.4, 0.5) is 0 Å². The fourth-order valence-electron chi connectivity index (χ4n) is 2.86. The molecule has 2 atom stereocenters. The van der Waals surface area contributed by atoms with Crippen LogP contribution in [0.15, 0.2) is 54.6 Å². The Balaban J connectivity index is 2.12. The average molecular weight is 326 g/mol. The molecule has 2 aromatic carbocycles. The van der Waals surface area contributed by atoms with E-state index in [1.54, 1.807) is 41.7 Å². The second kappa shape index (κ2) is 6.52. The van der Waals surface area contributed by atoms with Crippen LogP contribution in [0.25, 0.3) is 10.1 Å². The summed E-state index contributed by atoms with van der Waals surface area (Å²) in [6.45, 7) is 2.08. The molecule has 0 saturated heterocycles. The second-order valence-electron chi connectivity index (χ2n) is 5.50. The lowest BCUT2D eigenvalue weighted by atomic mass is 9.87. The molecule has 0 saturated carbocycles. The van der Waals surface area contributed by atoms with E-state index in [0.717, 1.165) is 16.5 Å². The minimum Gasteiger partial charge on any atom is -0.481 e. The number of rotatable bonds is 5. The van der Waals surface area contributed by atoms with Gasteiger partial charge in [0.25, 0.3) is 0 Å². The molecule has 0 amide bonds. The van der Waals surface area contributed by atoms with Crippen LogP contribution >= 0.6 is 11.3 Å². The fraction of sp³-hybridized carbons (Fsp3) is 0.211. The molecule has 118 valence electrons. The van der Waals surface area contributed by atoms with Gasteiger partial charge in [-0.1, -0.05) is 49.4 Å². The quantitative estimate of drug-likeness (QED) is 0.732. The molecule has 1 aromatic heterocycles. The Morgan fingerprint density at radius 2 is 1.87 bits per heavy atom. The predicted octanol–water partition coefficient (Wildman–Crippen LogP) is 4.37. The van der Waals surface area contributed by atoms with Crippen molar-refractivity contribution in [3.8, 4) is 0 Å². The minimum absolute atomic E-state index is 0.614. The highest BCUT2D eigenvalue weighted by molar-refractivity contribution is 7.19. The molecular formula is C19H18O3S. The third-order valence-electron chi connectivity index (χ3n) is 4.05. The van der Waals surface area contributed by atoms with Gasteiger partial charge in [0.05, 0.1) is 6.10 Å². The highest BCUT2D eigenvalue weighted by Crippen LogP contribution is 2.38. The Hall–Kier alpha value is -2.17. The number of fused-ring (bicyclic) bond motifs is 1. The van der Waals surface area contributed by atoms with E-state index in [-0.39, 0.29) is 0 Å². The smallest absolute Gasteiger partial charge is 0.314 e. The number of aliphatic hydroxyl groups excluding tert-OH is 1. The molecular weight excluding hydrogens is 308 g/mol. The molecule has 0 spiro atoms. The fourth-order valence-corrected chi connectivity index (χ4v) is 3.90. The van der Waals surface area contributed by atoms with E-state index in [1.165, 1.54) is 4.88 Å². The lowest BCUT2D eigenvalue weighted by Gasteiger charge is -2.20. The third-order valence-corrected chi connectivity index (χ3v) is 5.30. The van der Waals surface area contributed by atoms with Crippen molar-refractivity contribution in [1.29, 1.82) is 0 Å². The van der Waals surface area contributed by atoms with Crippen LogP contribution in [0.5, 0.6) is 0 Å². The van der Waals surface area contributed by atoms with Gasteiger partial charge < -0.3 is 10.2 Å². The van der Waals surface area contributed by atoms with Gasteiger partial charge in [0.1, 0.15) is 5.92 Å². The van der Waals surface area contributed by atoms with Crippen LogP contribution < -0.4 is 0 Å². The van der Waals surface area contributed by atoms with Gasteiger partial charge in [-0.15, -0.1) is 11.3 Å². The molecule has 3 aromatic rings. The molecule has 0 bridgehead atoms. The summed E-state index contributed by atoms with van der Waals surface area (Å²) < 4.78 is 1.06. The molecule has 1 unspecified atom stereocenters. The Labute approximate surface area is 138 Å². The molecule has 3 rings (SSSR count). The summed E-state index contributed by atoms with van der Waals surface area (Å²) in [6, 6.07) is 16.7. The lowest BCUT2D eigenvalue weighted by Crippen LogP contribution is -2.20. The summed E-state index contributed by atoms with van der Waals surface area (Å²) in [5.41, 5.74) is 1.28. The third kappa shape index (κ3) is 3.00. The zero-order valence-electron chi connectivity index (χ0n) is 12.8. The zero-order chi connectivity index (χ0) is 16.4. The Morgan fingerprint density at radius 3 is 2.52 bits per heavy atom. The highest BCUT2D eigenvalue weighted by atomic mass is 32.1. The number of aliphatic carboxylic acids is 1. The number of benzene rings is 2. The van der Waals surface area contributed by atoms with Gasteiger partial charge in [0.2, 0.25) is 0 Å². The number of carboxylic acid groups (broad SMARTS) is 1. The number of thiophene rings is 1. The largest absolute Gasteiger partial charge is 0.481 e. The number of hydrogen-bond donors (Lipinski definition) is 2. The molecule has 3 nitrogen and oxygen atoms in total. The van der Waals surface area contributed by atoms with E-state index in [0.29, 0.717) is 11.1 Å². The van der Waals surface area contributed by atoms with Crippen molar-refractivity contribution >= 4 is 27.4 Å². The summed E-state index contributed by atoms with van der Waals surface area (Å²) >= 11 is 1.67. The second-order valence-corrected chi connectivity index (χ2v) is 6.67. The summed E-state index contributed by atoms with van der Waals surface area (Å²) in [6.07, 6.45) is -0.165. The first-order chi connectivity index (χ1) is 11.1. The van der Waals surface area contributed by atoms with E-state index in [4.69, 9.17) is 0 Å². The zero-order valence-corrected chi connectivity index (χ0v) is 13.6.